The van der Waals surface area contributed by atoms with Crippen LogP contribution in [0.25, 0.3) is 5.57 Å². The van der Waals surface area contributed by atoms with E-state index in [2.05, 4.69) is 19.0 Å². The molecule has 4 heteroatoms. The predicted octanol–water partition coefficient (Wildman–Crippen LogP) is 3.84. The van der Waals surface area contributed by atoms with Gasteiger partial charge in [0.05, 0.1) is 5.71 Å². The third-order valence-corrected chi connectivity index (χ3v) is 3.74. The summed E-state index contributed by atoms with van der Waals surface area (Å²) in [4.78, 5) is 0. The Morgan fingerprint density at radius 3 is 2.75 bits per heavy atom. The maximum absolute atomic E-state index is 9.24. The van der Waals surface area contributed by atoms with Crippen molar-refractivity contribution < 1.29 is 14.7 Å². The number of rotatable bonds is 3. The molecule has 1 aromatic carbocycles. The molecule has 1 aliphatic carbocycles. The smallest absolute Gasteiger partial charge is 0.231 e. The van der Waals surface area contributed by atoms with Gasteiger partial charge in [0.2, 0.25) is 6.79 Å². The fourth-order valence-corrected chi connectivity index (χ4v) is 2.94. The second-order valence-electron chi connectivity index (χ2n) is 5.69. The van der Waals surface area contributed by atoms with Gasteiger partial charge in [-0.05, 0) is 42.9 Å². The number of fused-ring (bicyclic) bond motifs is 1. The topological polar surface area (TPSA) is 51.0 Å². The van der Waals surface area contributed by atoms with Crippen LogP contribution >= 0.6 is 0 Å². The van der Waals surface area contributed by atoms with Crippen LogP contribution in [0.3, 0.4) is 0 Å². The molecule has 0 spiro atoms. The van der Waals surface area contributed by atoms with Crippen molar-refractivity contribution >= 4 is 11.3 Å². The monoisotopic (exact) mass is 273 g/mol. The lowest BCUT2D eigenvalue weighted by Gasteiger charge is -2.11. The summed E-state index contributed by atoms with van der Waals surface area (Å²) in [5, 5.41) is 12.7. The lowest BCUT2D eigenvalue weighted by molar-refractivity contribution is 0.174. The fraction of sp³-hybridized carbons (Fsp3) is 0.438. The van der Waals surface area contributed by atoms with Gasteiger partial charge in [0.25, 0.3) is 0 Å². The van der Waals surface area contributed by atoms with Crippen LogP contribution in [0.1, 0.15) is 38.7 Å². The molecule has 1 aromatic rings. The molecule has 0 radical (unpaired) electrons. The number of benzene rings is 1. The number of oxime groups is 1. The average molecular weight is 273 g/mol. The van der Waals surface area contributed by atoms with E-state index in [0.29, 0.717) is 5.92 Å². The SMILES string of the molecule is CC(C)CC1=C(c2ccc3c(c2)OCO3)/C(=N/O)CC1. The van der Waals surface area contributed by atoms with Gasteiger partial charge in [-0.25, -0.2) is 0 Å². The van der Waals surface area contributed by atoms with E-state index < -0.39 is 0 Å². The van der Waals surface area contributed by atoms with Crippen LogP contribution < -0.4 is 9.47 Å². The van der Waals surface area contributed by atoms with Crippen LogP contribution in [0.5, 0.6) is 11.5 Å². The number of ether oxygens (including phenoxy) is 2. The summed E-state index contributed by atoms with van der Waals surface area (Å²) in [6.07, 6.45) is 2.81. The molecule has 0 saturated carbocycles. The largest absolute Gasteiger partial charge is 0.454 e. The van der Waals surface area contributed by atoms with Crippen molar-refractivity contribution in [1.82, 2.24) is 0 Å². The van der Waals surface area contributed by atoms with E-state index in [9.17, 15) is 5.21 Å². The first-order valence-electron chi connectivity index (χ1n) is 7.02. The number of nitrogens with zero attached hydrogens (tertiary/aromatic N) is 1. The minimum atomic E-state index is 0.275. The summed E-state index contributed by atoms with van der Waals surface area (Å²) in [6, 6.07) is 5.92. The van der Waals surface area contributed by atoms with Crippen molar-refractivity contribution in [3.05, 3.63) is 29.3 Å². The second-order valence-corrected chi connectivity index (χ2v) is 5.69. The summed E-state index contributed by atoms with van der Waals surface area (Å²) in [7, 11) is 0. The Balaban J connectivity index is 2.04. The van der Waals surface area contributed by atoms with E-state index >= 15 is 0 Å². The number of hydrogen-bond acceptors (Lipinski definition) is 4. The normalized spacial score (nSPS) is 19.4. The first-order valence-corrected chi connectivity index (χ1v) is 7.02. The highest BCUT2D eigenvalue weighted by molar-refractivity contribution is 6.26. The number of hydrogen-bond donors (Lipinski definition) is 1. The van der Waals surface area contributed by atoms with Gasteiger partial charge >= 0.3 is 0 Å². The quantitative estimate of drug-likeness (QED) is 0.672. The third kappa shape index (κ3) is 2.26. The molecule has 20 heavy (non-hydrogen) atoms. The molecule has 3 rings (SSSR count). The molecule has 2 aliphatic rings. The second kappa shape index (κ2) is 5.19. The maximum atomic E-state index is 9.24. The van der Waals surface area contributed by atoms with Gasteiger partial charge in [-0.3, -0.25) is 0 Å². The summed E-state index contributed by atoms with van der Waals surface area (Å²) >= 11 is 0. The van der Waals surface area contributed by atoms with Gasteiger partial charge in [0, 0.05) is 5.57 Å². The summed E-state index contributed by atoms with van der Waals surface area (Å²) in [5.74, 6) is 2.13. The zero-order valence-electron chi connectivity index (χ0n) is 11.8. The van der Waals surface area contributed by atoms with Crippen molar-refractivity contribution in [2.75, 3.05) is 6.79 Å². The molecule has 0 saturated heterocycles. The first kappa shape index (κ1) is 13.0. The molecule has 0 unspecified atom stereocenters. The van der Waals surface area contributed by atoms with Crippen LogP contribution in [-0.4, -0.2) is 17.7 Å². The molecule has 0 atom stereocenters. The Bertz CT molecular complexity index is 587. The molecule has 0 amide bonds. The highest BCUT2D eigenvalue weighted by Gasteiger charge is 2.25. The van der Waals surface area contributed by atoms with Crippen molar-refractivity contribution in [3.63, 3.8) is 0 Å². The Morgan fingerprint density at radius 2 is 2.00 bits per heavy atom. The van der Waals surface area contributed by atoms with Gasteiger partial charge in [0.15, 0.2) is 11.5 Å². The zero-order chi connectivity index (χ0) is 14.1. The van der Waals surface area contributed by atoms with Gasteiger partial charge in [-0.15, -0.1) is 0 Å². The Morgan fingerprint density at radius 1 is 1.20 bits per heavy atom. The minimum absolute atomic E-state index is 0.275. The van der Waals surface area contributed by atoms with Crippen molar-refractivity contribution in [2.45, 2.75) is 33.1 Å². The maximum Gasteiger partial charge on any atom is 0.231 e. The van der Waals surface area contributed by atoms with E-state index in [1.54, 1.807) is 0 Å². The van der Waals surface area contributed by atoms with Gasteiger partial charge < -0.3 is 14.7 Å². The first-order chi connectivity index (χ1) is 9.69. The molecule has 1 heterocycles. The molecule has 1 N–H and O–H groups in total. The predicted molar refractivity (Wildman–Crippen MR) is 77.4 cm³/mol. The fourth-order valence-electron chi connectivity index (χ4n) is 2.94. The molecule has 0 bridgehead atoms. The summed E-state index contributed by atoms with van der Waals surface area (Å²) in [5.41, 5.74) is 4.28. The molecule has 0 aromatic heterocycles. The van der Waals surface area contributed by atoms with Crippen LogP contribution in [0.4, 0.5) is 0 Å². The van der Waals surface area contributed by atoms with E-state index in [0.717, 1.165) is 47.6 Å². The van der Waals surface area contributed by atoms with Crippen LogP contribution in [0.2, 0.25) is 0 Å². The average Bonchev–Trinajstić information content (AvgIpc) is 3.03. The van der Waals surface area contributed by atoms with Gasteiger partial charge in [-0.2, -0.15) is 0 Å². The summed E-state index contributed by atoms with van der Waals surface area (Å²) in [6.45, 7) is 4.69. The van der Waals surface area contributed by atoms with Crippen LogP contribution in [0, 0.1) is 5.92 Å². The van der Waals surface area contributed by atoms with E-state index in [-0.39, 0.29) is 6.79 Å². The molecule has 4 nitrogen and oxygen atoms in total. The number of allylic oxidation sites excluding steroid dienone is 2. The minimum Gasteiger partial charge on any atom is -0.454 e. The molecule has 0 fully saturated rings. The van der Waals surface area contributed by atoms with Gasteiger partial charge in [0.1, 0.15) is 0 Å². The highest BCUT2D eigenvalue weighted by atomic mass is 16.7. The van der Waals surface area contributed by atoms with E-state index in [1.165, 1.54) is 5.57 Å². The van der Waals surface area contributed by atoms with Crippen molar-refractivity contribution in [2.24, 2.45) is 11.1 Å². The Labute approximate surface area is 118 Å². The zero-order valence-corrected chi connectivity index (χ0v) is 11.8. The molecular formula is C16H19NO3. The van der Waals surface area contributed by atoms with Crippen LogP contribution in [-0.2, 0) is 0 Å². The van der Waals surface area contributed by atoms with Crippen LogP contribution in [0.15, 0.2) is 28.9 Å². The summed E-state index contributed by atoms with van der Waals surface area (Å²) < 4.78 is 10.8. The van der Waals surface area contributed by atoms with Crippen molar-refractivity contribution in [3.8, 4) is 11.5 Å². The van der Waals surface area contributed by atoms with Crippen molar-refractivity contribution in [1.29, 1.82) is 0 Å². The van der Waals surface area contributed by atoms with E-state index in [1.807, 2.05) is 18.2 Å². The third-order valence-electron chi connectivity index (χ3n) is 3.74. The molecule has 1 aliphatic heterocycles. The standard InChI is InChI=1S/C16H19NO3/c1-10(2)7-11-3-5-13(17-18)16(11)12-4-6-14-15(8-12)20-9-19-14/h4,6,8,10,18H,3,5,7,9H2,1-2H3/b17-13+. The lowest BCUT2D eigenvalue weighted by Crippen LogP contribution is -1.98. The molecular weight excluding hydrogens is 254 g/mol. The molecule has 106 valence electrons. The Kier molecular flexibility index (Phi) is 3.38. The highest BCUT2D eigenvalue weighted by Crippen LogP contribution is 2.40. The lowest BCUT2D eigenvalue weighted by atomic mass is 9.95. The Hall–Kier alpha value is -1.97. The van der Waals surface area contributed by atoms with E-state index in [4.69, 9.17) is 9.47 Å². The van der Waals surface area contributed by atoms with Gasteiger partial charge in [-0.1, -0.05) is 30.6 Å².